The molecule has 0 aromatic heterocycles. The van der Waals surface area contributed by atoms with E-state index in [2.05, 4.69) is 35.1 Å². The number of nitrogens with zero attached hydrogens (tertiary/aromatic N) is 1. The minimum absolute atomic E-state index is 0.103. The fraction of sp³-hybridized carbons (Fsp3) is 0.481. The van der Waals surface area contributed by atoms with Crippen molar-refractivity contribution < 1.29 is 14.3 Å². The largest absolute Gasteiger partial charge is 0.484 e. The molecule has 5 nitrogen and oxygen atoms in total. The molecule has 2 aromatic carbocycles. The third-order valence-corrected chi connectivity index (χ3v) is 6.82. The Kier molecular flexibility index (Phi) is 9.36. The minimum atomic E-state index is -0.588. The fourth-order valence-electron chi connectivity index (χ4n) is 4.11. The smallest absolute Gasteiger partial charge is 0.261 e. The van der Waals surface area contributed by atoms with Gasteiger partial charge in [0.05, 0.1) is 0 Å². The molecule has 1 fully saturated rings. The summed E-state index contributed by atoms with van der Waals surface area (Å²) in [7, 11) is 0. The zero-order valence-electron chi connectivity index (χ0n) is 19.9. The number of carbonyl (C=O) groups is 2. The molecule has 6 heteroatoms. The number of amides is 2. The summed E-state index contributed by atoms with van der Waals surface area (Å²) < 4.78 is 6.76. The van der Waals surface area contributed by atoms with Crippen LogP contribution in [-0.4, -0.2) is 35.4 Å². The summed E-state index contributed by atoms with van der Waals surface area (Å²) in [5.74, 6) is 0.770. The summed E-state index contributed by atoms with van der Waals surface area (Å²) in [6, 6.07) is 15.2. The highest BCUT2D eigenvalue weighted by Gasteiger charge is 2.28. The van der Waals surface area contributed by atoms with Crippen LogP contribution in [-0.2, 0) is 16.1 Å². The molecule has 0 radical (unpaired) electrons. The molecule has 0 heterocycles. The lowest BCUT2D eigenvalue weighted by Crippen LogP contribution is -2.51. The molecule has 1 aliphatic carbocycles. The Morgan fingerprint density at radius 2 is 1.64 bits per heavy atom. The molecule has 33 heavy (non-hydrogen) atoms. The molecule has 178 valence electrons. The van der Waals surface area contributed by atoms with E-state index in [4.69, 9.17) is 4.74 Å². The number of hydrogen-bond donors (Lipinski definition) is 1. The number of hydrogen-bond acceptors (Lipinski definition) is 3. The van der Waals surface area contributed by atoms with E-state index in [9.17, 15) is 9.59 Å². The van der Waals surface area contributed by atoms with Gasteiger partial charge in [0.2, 0.25) is 5.91 Å². The van der Waals surface area contributed by atoms with Crippen LogP contribution < -0.4 is 10.1 Å². The molecule has 1 atom stereocenters. The summed E-state index contributed by atoms with van der Waals surface area (Å²) in [4.78, 5) is 27.9. The van der Waals surface area contributed by atoms with Crippen molar-refractivity contribution in [3.8, 4) is 5.75 Å². The maximum Gasteiger partial charge on any atom is 0.261 e. The van der Waals surface area contributed by atoms with Gasteiger partial charge in [0.25, 0.3) is 5.91 Å². The van der Waals surface area contributed by atoms with Gasteiger partial charge in [0.15, 0.2) is 6.61 Å². The standard InChI is InChI=1S/C27H35BrN2O3/c1-19(2)22-11-15-25(16-12-22)33-18-26(31)30(17-21-9-13-23(28)14-10-21)20(3)27(32)29-24-7-5-4-6-8-24/h9-16,19-20,24H,4-8,17-18H2,1-3H3,(H,29,32)/t20-/m0/s1. The predicted molar refractivity (Wildman–Crippen MR) is 135 cm³/mol. The summed E-state index contributed by atoms with van der Waals surface area (Å²) in [6.45, 7) is 6.31. The first-order valence-electron chi connectivity index (χ1n) is 11.9. The third kappa shape index (κ3) is 7.60. The minimum Gasteiger partial charge on any atom is -0.484 e. The van der Waals surface area contributed by atoms with Gasteiger partial charge in [-0.1, -0.05) is 73.3 Å². The third-order valence-electron chi connectivity index (χ3n) is 6.29. The van der Waals surface area contributed by atoms with E-state index < -0.39 is 6.04 Å². The molecule has 0 aliphatic heterocycles. The van der Waals surface area contributed by atoms with Crippen LogP contribution in [0.2, 0.25) is 0 Å². The Balaban J connectivity index is 1.68. The van der Waals surface area contributed by atoms with Crippen LogP contribution in [0, 0.1) is 0 Å². The molecule has 2 aromatic rings. The van der Waals surface area contributed by atoms with Crippen LogP contribution in [0.25, 0.3) is 0 Å². The number of nitrogens with one attached hydrogen (secondary N) is 1. The topological polar surface area (TPSA) is 58.6 Å². The van der Waals surface area contributed by atoms with E-state index in [-0.39, 0.29) is 24.5 Å². The van der Waals surface area contributed by atoms with Crippen molar-refractivity contribution >= 4 is 27.7 Å². The molecule has 1 saturated carbocycles. The fourth-order valence-corrected chi connectivity index (χ4v) is 4.38. The first kappa shape index (κ1) is 25.3. The molecule has 0 saturated heterocycles. The normalized spacial score (nSPS) is 15.2. The van der Waals surface area contributed by atoms with Gasteiger partial charge in [0.1, 0.15) is 11.8 Å². The quantitative estimate of drug-likeness (QED) is 0.458. The van der Waals surface area contributed by atoms with E-state index in [0.717, 1.165) is 35.7 Å². The van der Waals surface area contributed by atoms with E-state index in [1.165, 1.54) is 12.0 Å². The van der Waals surface area contributed by atoms with Gasteiger partial charge in [-0.05, 0) is 61.1 Å². The van der Waals surface area contributed by atoms with Gasteiger partial charge in [0, 0.05) is 17.1 Å². The molecule has 1 N–H and O–H groups in total. The van der Waals surface area contributed by atoms with Gasteiger partial charge in [-0.3, -0.25) is 9.59 Å². The lowest BCUT2D eigenvalue weighted by atomic mass is 9.95. The van der Waals surface area contributed by atoms with Gasteiger partial charge in [-0.15, -0.1) is 0 Å². The molecule has 0 unspecified atom stereocenters. The summed E-state index contributed by atoms with van der Waals surface area (Å²) >= 11 is 3.45. The maximum atomic E-state index is 13.2. The van der Waals surface area contributed by atoms with Crippen molar-refractivity contribution in [2.75, 3.05) is 6.61 Å². The van der Waals surface area contributed by atoms with Gasteiger partial charge in [-0.2, -0.15) is 0 Å². The highest BCUT2D eigenvalue weighted by molar-refractivity contribution is 9.10. The number of carbonyl (C=O) groups excluding carboxylic acids is 2. The molecular weight excluding hydrogens is 480 g/mol. The van der Waals surface area contributed by atoms with Crippen molar-refractivity contribution in [3.63, 3.8) is 0 Å². The van der Waals surface area contributed by atoms with Crippen LogP contribution in [0.3, 0.4) is 0 Å². The predicted octanol–water partition coefficient (Wildman–Crippen LogP) is 5.82. The van der Waals surface area contributed by atoms with Crippen molar-refractivity contribution in [1.82, 2.24) is 10.2 Å². The lowest BCUT2D eigenvalue weighted by Gasteiger charge is -2.31. The Bertz CT molecular complexity index is 906. The monoisotopic (exact) mass is 514 g/mol. The van der Waals surface area contributed by atoms with Crippen molar-refractivity contribution in [2.24, 2.45) is 0 Å². The number of benzene rings is 2. The van der Waals surface area contributed by atoms with Gasteiger partial charge < -0.3 is 15.0 Å². The van der Waals surface area contributed by atoms with Crippen LogP contribution in [0.4, 0.5) is 0 Å². The van der Waals surface area contributed by atoms with E-state index in [0.29, 0.717) is 18.2 Å². The molecule has 3 rings (SSSR count). The van der Waals surface area contributed by atoms with E-state index in [1.807, 2.05) is 48.5 Å². The number of rotatable bonds is 9. The van der Waals surface area contributed by atoms with Crippen molar-refractivity contribution in [1.29, 1.82) is 0 Å². The number of ether oxygens (including phenoxy) is 1. The van der Waals surface area contributed by atoms with Crippen LogP contribution in [0.1, 0.15) is 69.9 Å². The van der Waals surface area contributed by atoms with Gasteiger partial charge in [-0.25, -0.2) is 0 Å². The van der Waals surface area contributed by atoms with Crippen LogP contribution >= 0.6 is 15.9 Å². The molecule has 0 spiro atoms. The summed E-state index contributed by atoms with van der Waals surface area (Å²) in [6.07, 6.45) is 5.53. The summed E-state index contributed by atoms with van der Waals surface area (Å²) in [5.41, 5.74) is 2.18. The Hall–Kier alpha value is -2.34. The van der Waals surface area contributed by atoms with Crippen LogP contribution in [0.5, 0.6) is 5.75 Å². The second-order valence-electron chi connectivity index (χ2n) is 9.18. The second-order valence-corrected chi connectivity index (χ2v) is 10.1. The maximum absolute atomic E-state index is 13.2. The first-order valence-corrected chi connectivity index (χ1v) is 12.7. The van der Waals surface area contributed by atoms with Crippen molar-refractivity contribution in [3.05, 3.63) is 64.1 Å². The molecule has 0 bridgehead atoms. The van der Waals surface area contributed by atoms with Gasteiger partial charge >= 0.3 is 0 Å². The molecule has 1 aliphatic rings. The van der Waals surface area contributed by atoms with E-state index >= 15 is 0 Å². The van der Waals surface area contributed by atoms with E-state index in [1.54, 1.807) is 11.8 Å². The average molecular weight is 515 g/mol. The Morgan fingerprint density at radius 3 is 2.24 bits per heavy atom. The lowest BCUT2D eigenvalue weighted by molar-refractivity contribution is -0.142. The SMILES string of the molecule is CC(C)c1ccc(OCC(=O)N(Cc2ccc(Br)cc2)[C@@H](C)C(=O)NC2CCCCC2)cc1. The zero-order chi connectivity index (χ0) is 23.8. The van der Waals surface area contributed by atoms with Crippen molar-refractivity contribution in [2.45, 2.75) is 77.4 Å². The highest BCUT2D eigenvalue weighted by Crippen LogP contribution is 2.20. The summed E-state index contributed by atoms with van der Waals surface area (Å²) in [5, 5.41) is 3.16. The first-order chi connectivity index (χ1) is 15.8. The average Bonchev–Trinajstić information content (AvgIpc) is 2.82. The zero-order valence-corrected chi connectivity index (χ0v) is 21.4. The molecular formula is C27H35BrN2O3. The molecule has 2 amide bonds. The highest BCUT2D eigenvalue weighted by atomic mass is 79.9. The number of halogens is 1. The Labute approximate surface area is 206 Å². The Morgan fingerprint density at radius 1 is 1.00 bits per heavy atom. The van der Waals surface area contributed by atoms with Crippen LogP contribution in [0.15, 0.2) is 53.0 Å². The second kappa shape index (κ2) is 12.2.